The van der Waals surface area contributed by atoms with Gasteiger partial charge in [0.2, 0.25) is 0 Å². The van der Waals surface area contributed by atoms with Crippen molar-refractivity contribution in [3.05, 3.63) is 35.9 Å². The maximum Gasteiger partial charge on any atom is 0.330 e. The molecule has 4 nitrogen and oxygen atoms in total. The summed E-state index contributed by atoms with van der Waals surface area (Å²) in [7, 11) is 1.37. The summed E-state index contributed by atoms with van der Waals surface area (Å²) in [5.41, 5.74) is 1.83. The van der Waals surface area contributed by atoms with Gasteiger partial charge in [0.25, 0.3) is 0 Å². The van der Waals surface area contributed by atoms with Gasteiger partial charge in [0, 0.05) is 11.6 Å². The van der Waals surface area contributed by atoms with Crippen molar-refractivity contribution in [2.75, 3.05) is 20.3 Å². The molecular formula is C15H19ClO4. The van der Waals surface area contributed by atoms with Crippen LogP contribution in [0.4, 0.5) is 0 Å². The Bertz CT molecular complexity index is 481. The summed E-state index contributed by atoms with van der Waals surface area (Å²) in [4.78, 5) is 11.4. The zero-order valence-electron chi connectivity index (χ0n) is 11.6. The van der Waals surface area contributed by atoms with Crippen molar-refractivity contribution in [2.45, 2.75) is 19.4 Å². The van der Waals surface area contributed by atoms with E-state index >= 15 is 0 Å². The topological polar surface area (TPSA) is 48.1 Å². The van der Waals surface area contributed by atoms with Crippen molar-refractivity contribution in [3.63, 3.8) is 0 Å². The first kappa shape index (κ1) is 16.5. The highest BCUT2D eigenvalue weighted by atomic mass is 35.5. The first-order valence-electron chi connectivity index (χ1n) is 6.37. The Morgan fingerprint density at radius 3 is 2.75 bits per heavy atom. The lowest BCUT2D eigenvalue weighted by atomic mass is 10.0. The van der Waals surface area contributed by atoms with Gasteiger partial charge in [-0.1, -0.05) is 25.1 Å². The second kappa shape index (κ2) is 7.92. The van der Waals surface area contributed by atoms with Crippen LogP contribution in [-0.4, -0.2) is 32.4 Å². The number of hydrogen-bond donors (Lipinski definition) is 0. The number of benzene rings is 1. The van der Waals surface area contributed by atoms with Gasteiger partial charge < -0.3 is 14.2 Å². The predicted octanol–water partition coefficient (Wildman–Crippen LogP) is 2.85. The number of methoxy groups -OCH3 is 1. The molecule has 0 N–H and O–H groups in total. The lowest BCUT2D eigenvalue weighted by Crippen LogP contribution is -2.06. The van der Waals surface area contributed by atoms with Gasteiger partial charge in [0.05, 0.1) is 13.7 Å². The number of carbonyl (C=O) groups excluding carboxylic acids is 1. The Labute approximate surface area is 125 Å². The molecule has 0 aliphatic carbocycles. The minimum Gasteiger partial charge on any atom is -0.490 e. The minimum absolute atomic E-state index is 0. The van der Waals surface area contributed by atoms with Crippen LogP contribution in [0.5, 0.6) is 5.75 Å². The number of halogens is 1. The molecule has 0 bridgehead atoms. The Balaban J connectivity index is 0.00000200. The van der Waals surface area contributed by atoms with Crippen molar-refractivity contribution in [1.29, 1.82) is 0 Å². The number of para-hydroxylation sites is 1. The molecular weight excluding hydrogens is 280 g/mol. The quantitative estimate of drug-likeness (QED) is 0.460. The molecule has 110 valence electrons. The summed E-state index contributed by atoms with van der Waals surface area (Å²) in [5, 5.41) is 0. The molecule has 5 heteroatoms. The number of rotatable bonds is 6. The molecule has 0 radical (unpaired) electrons. The number of ether oxygens (including phenoxy) is 3. The van der Waals surface area contributed by atoms with Crippen molar-refractivity contribution in [2.24, 2.45) is 0 Å². The van der Waals surface area contributed by atoms with E-state index < -0.39 is 0 Å². The lowest BCUT2D eigenvalue weighted by molar-refractivity contribution is -0.134. The van der Waals surface area contributed by atoms with E-state index in [9.17, 15) is 4.79 Å². The maximum atomic E-state index is 11.4. The second-order valence-electron chi connectivity index (χ2n) is 4.31. The Kier molecular flexibility index (Phi) is 6.55. The highest BCUT2D eigenvalue weighted by Crippen LogP contribution is 2.28. The standard InChI is InChI=1S/C15H18O4.ClH/c1-3-11(8-15(16)17-2)13-6-4-5-7-14(13)19-10-12-9-18-12;/h4-8,12H,3,9-10H2,1-2H3;1H/b11-8+;. The Morgan fingerprint density at radius 1 is 1.45 bits per heavy atom. The van der Waals surface area contributed by atoms with Crippen LogP contribution < -0.4 is 4.74 Å². The van der Waals surface area contributed by atoms with E-state index in [1.54, 1.807) is 0 Å². The third kappa shape index (κ3) is 4.54. The van der Waals surface area contributed by atoms with Crippen LogP contribution in [0.3, 0.4) is 0 Å². The molecule has 1 saturated heterocycles. The lowest BCUT2D eigenvalue weighted by Gasteiger charge is -2.12. The number of hydrogen-bond acceptors (Lipinski definition) is 4. The van der Waals surface area contributed by atoms with Gasteiger partial charge in [0.15, 0.2) is 0 Å². The SMILES string of the molecule is CC/C(=C\C(=O)OC)c1ccccc1OCC1CO1.Cl. The van der Waals surface area contributed by atoms with Gasteiger partial charge >= 0.3 is 5.97 Å². The van der Waals surface area contributed by atoms with Gasteiger partial charge in [-0.3, -0.25) is 0 Å². The highest BCUT2D eigenvalue weighted by Gasteiger charge is 2.23. The molecule has 0 spiro atoms. The van der Waals surface area contributed by atoms with Gasteiger partial charge in [-0.05, 0) is 18.1 Å². The molecule has 0 amide bonds. The summed E-state index contributed by atoms with van der Waals surface area (Å²) < 4.78 is 15.5. The number of carbonyl (C=O) groups is 1. The Morgan fingerprint density at radius 2 is 2.15 bits per heavy atom. The molecule has 1 atom stereocenters. The van der Waals surface area contributed by atoms with Crippen molar-refractivity contribution in [1.82, 2.24) is 0 Å². The first-order valence-corrected chi connectivity index (χ1v) is 6.37. The predicted molar refractivity (Wildman–Crippen MR) is 79.2 cm³/mol. The Hall–Kier alpha value is -1.52. The zero-order valence-corrected chi connectivity index (χ0v) is 12.4. The van der Waals surface area contributed by atoms with E-state index in [-0.39, 0.29) is 24.5 Å². The monoisotopic (exact) mass is 298 g/mol. The van der Waals surface area contributed by atoms with Gasteiger partial charge in [0.1, 0.15) is 18.5 Å². The zero-order chi connectivity index (χ0) is 13.7. The van der Waals surface area contributed by atoms with Crippen molar-refractivity contribution < 1.29 is 19.0 Å². The van der Waals surface area contributed by atoms with E-state index in [2.05, 4.69) is 4.74 Å². The molecule has 1 aliphatic rings. The van der Waals surface area contributed by atoms with Crippen LogP contribution in [0.25, 0.3) is 5.57 Å². The summed E-state index contributed by atoms with van der Waals surface area (Å²) in [6, 6.07) is 7.69. The molecule has 2 rings (SSSR count). The van der Waals surface area contributed by atoms with Crippen LogP contribution in [0, 0.1) is 0 Å². The number of allylic oxidation sites excluding steroid dienone is 1. The molecule has 0 aromatic heterocycles. The van der Waals surface area contributed by atoms with Crippen LogP contribution in [0.2, 0.25) is 0 Å². The molecule has 1 aliphatic heterocycles. The van der Waals surface area contributed by atoms with Crippen LogP contribution >= 0.6 is 12.4 Å². The van der Waals surface area contributed by atoms with Crippen LogP contribution in [0.1, 0.15) is 18.9 Å². The van der Waals surface area contributed by atoms with Gasteiger partial charge in [-0.15, -0.1) is 12.4 Å². The van der Waals surface area contributed by atoms with Gasteiger partial charge in [-0.25, -0.2) is 4.79 Å². The van der Waals surface area contributed by atoms with E-state index in [4.69, 9.17) is 9.47 Å². The van der Waals surface area contributed by atoms with E-state index in [0.29, 0.717) is 6.61 Å². The molecule has 1 unspecified atom stereocenters. The van der Waals surface area contributed by atoms with E-state index in [1.165, 1.54) is 13.2 Å². The number of epoxide rings is 1. The average Bonchev–Trinajstić information content (AvgIpc) is 3.27. The normalized spacial score (nSPS) is 17.1. The minimum atomic E-state index is -0.350. The first-order chi connectivity index (χ1) is 9.24. The van der Waals surface area contributed by atoms with Crippen LogP contribution in [0.15, 0.2) is 30.3 Å². The van der Waals surface area contributed by atoms with E-state index in [1.807, 2.05) is 31.2 Å². The second-order valence-corrected chi connectivity index (χ2v) is 4.31. The fourth-order valence-electron chi connectivity index (χ4n) is 1.78. The summed E-state index contributed by atoms with van der Waals surface area (Å²) in [6.45, 7) is 3.31. The summed E-state index contributed by atoms with van der Waals surface area (Å²) in [5.74, 6) is 0.423. The molecule has 1 aromatic carbocycles. The molecule has 0 saturated carbocycles. The third-order valence-corrected chi connectivity index (χ3v) is 2.93. The van der Waals surface area contributed by atoms with Crippen molar-refractivity contribution >= 4 is 23.9 Å². The fourth-order valence-corrected chi connectivity index (χ4v) is 1.78. The maximum absolute atomic E-state index is 11.4. The summed E-state index contributed by atoms with van der Waals surface area (Å²) in [6.07, 6.45) is 2.45. The highest BCUT2D eigenvalue weighted by molar-refractivity contribution is 5.92. The molecule has 1 aromatic rings. The summed E-state index contributed by atoms with van der Waals surface area (Å²) >= 11 is 0. The number of esters is 1. The largest absolute Gasteiger partial charge is 0.490 e. The molecule has 1 fully saturated rings. The molecule has 1 heterocycles. The van der Waals surface area contributed by atoms with Crippen molar-refractivity contribution in [3.8, 4) is 5.75 Å². The van der Waals surface area contributed by atoms with Crippen LogP contribution in [-0.2, 0) is 14.3 Å². The third-order valence-electron chi connectivity index (χ3n) is 2.93. The average molecular weight is 299 g/mol. The fraction of sp³-hybridized carbons (Fsp3) is 0.400. The van der Waals surface area contributed by atoms with Gasteiger partial charge in [-0.2, -0.15) is 0 Å². The van der Waals surface area contributed by atoms with E-state index in [0.717, 1.165) is 29.9 Å². The smallest absolute Gasteiger partial charge is 0.330 e. The molecule has 20 heavy (non-hydrogen) atoms.